The van der Waals surface area contributed by atoms with Crippen molar-refractivity contribution in [2.75, 3.05) is 6.54 Å². The summed E-state index contributed by atoms with van der Waals surface area (Å²) in [4.78, 5) is 16.5. The summed E-state index contributed by atoms with van der Waals surface area (Å²) in [6.45, 7) is 5.99. The SMILES string of the molecule is Cc1cc(C)n(-c2ccc(Cl)c(C(=O)N[C@@H](C)CN)n2)n1.Cl. The molecule has 3 N–H and O–H groups in total. The standard InChI is InChI=1S/C14H18ClN5O.ClH/c1-8-6-10(3)20(19-8)12-5-4-11(15)13(18-12)14(21)17-9(2)7-16;/h4-6,9H,7,16H2,1-3H3,(H,17,21);1H/t9-;/m0./s1. The minimum absolute atomic E-state index is 0. The minimum Gasteiger partial charge on any atom is -0.347 e. The van der Waals surface area contributed by atoms with Crippen LogP contribution in [0.25, 0.3) is 5.82 Å². The molecule has 2 aromatic heterocycles. The predicted molar refractivity (Wildman–Crippen MR) is 89.1 cm³/mol. The van der Waals surface area contributed by atoms with E-state index >= 15 is 0 Å². The lowest BCUT2D eigenvalue weighted by Crippen LogP contribution is -2.38. The van der Waals surface area contributed by atoms with Crippen LogP contribution in [-0.2, 0) is 0 Å². The zero-order valence-electron chi connectivity index (χ0n) is 12.6. The number of nitrogens with one attached hydrogen (secondary N) is 1. The van der Waals surface area contributed by atoms with Crippen LogP contribution in [0.1, 0.15) is 28.8 Å². The van der Waals surface area contributed by atoms with E-state index in [1.807, 2.05) is 26.8 Å². The van der Waals surface area contributed by atoms with Gasteiger partial charge in [0.2, 0.25) is 0 Å². The Morgan fingerprint density at radius 3 is 2.68 bits per heavy atom. The zero-order valence-corrected chi connectivity index (χ0v) is 14.2. The molecular formula is C14H19Cl2N5O. The van der Waals surface area contributed by atoms with E-state index in [-0.39, 0.29) is 30.0 Å². The van der Waals surface area contributed by atoms with Crippen molar-refractivity contribution >= 4 is 29.9 Å². The smallest absolute Gasteiger partial charge is 0.271 e. The second-order valence-electron chi connectivity index (χ2n) is 4.95. The van der Waals surface area contributed by atoms with Crippen molar-refractivity contribution in [1.29, 1.82) is 0 Å². The van der Waals surface area contributed by atoms with Gasteiger partial charge in [-0.05, 0) is 39.0 Å². The van der Waals surface area contributed by atoms with Crippen molar-refractivity contribution < 1.29 is 4.79 Å². The highest BCUT2D eigenvalue weighted by Gasteiger charge is 2.16. The zero-order chi connectivity index (χ0) is 15.6. The molecule has 22 heavy (non-hydrogen) atoms. The Morgan fingerprint density at radius 1 is 1.45 bits per heavy atom. The van der Waals surface area contributed by atoms with Crippen molar-refractivity contribution in [2.45, 2.75) is 26.8 Å². The number of carbonyl (C=O) groups is 1. The number of rotatable bonds is 4. The first-order valence-electron chi connectivity index (χ1n) is 6.63. The molecule has 0 aromatic carbocycles. The molecule has 1 atom stereocenters. The Bertz CT molecular complexity index is 671. The summed E-state index contributed by atoms with van der Waals surface area (Å²) in [5, 5.41) is 7.39. The number of aromatic nitrogens is 3. The van der Waals surface area contributed by atoms with Gasteiger partial charge in [-0.1, -0.05) is 11.6 Å². The molecule has 0 aliphatic heterocycles. The first-order valence-corrected chi connectivity index (χ1v) is 7.01. The van der Waals surface area contributed by atoms with Crippen LogP contribution in [0.3, 0.4) is 0 Å². The Hall–Kier alpha value is -1.63. The summed E-state index contributed by atoms with van der Waals surface area (Å²) in [5.74, 6) is 0.205. The largest absolute Gasteiger partial charge is 0.347 e. The van der Waals surface area contributed by atoms with Gasteiger partial charge in [0.1, 0.15) is 5.69 Å². The average Bonchev–Trinajstić information content (AvgIpc) is 2.78. The molecule has 0 bridgehead atoms. The number of hydrogen-bond acceptors (Lipinski definition) is 4. The van der Waals surface area contributed by atoms with Crippen molar-refractivity contribution in [3.63, 3.8) is 0 Å². The molecule has 0 radical (unpaired) electrons. The van der Waals surface area contributed by atoms with Gasteiger partial charge in [0.25, 0.3) is 5.91 Å². The quantitative estimate of drug-likeness (QED) is 0.889. The Balaban J connectivity index is 0.00000242. The van der Waals surface area contributed by atoms with E-state index in [0.717, 1.165) is 11.4 Å². The van der Waals surface area contributed by atoms with E-state index in [1.54, 1.807) is 16.8 Å². The molecule has 2 rings (SSSR count). The number of carbonyl (C=O) groups excluding carboxylic acids is 1. The highest BCUT2D eigenvalue weighted by Crippen LogP contribution is 2.17. The molecule has 0 aliphatic carbocycles. The number of aryl methyl sites for hydroxylation is 2. The maximum Gasteiger partial charge on any atom is 0.271 e. The first kappa shape index (κ1) is 18.4. The fourth-order valence-corrected chi connectivity index (χ4v) is 2.11. The average molecular weight is 344 g/mol. The van der Waals surface area contributed by atoms with Gasteiger partial charge in [-0.3, -0.25) is 4.79 Å². The van der Waals surface area contributed by atoms with Gasteiger partial charge in [0, 0.05) is 18.3 Å². The number of amides is 1. The van der Waals surface area contributed by atoms with Crippen molar-refractivity contribution in [3.05, 3.63) is 40.3 Å². The van der Waals surface area contributed by atoms with E-state index in [2.05, 4.69) is 15.4 Å². The molecule has 120 valence electrons. The molecule has 0 saturated heterocycles. The fraction of sp³-hybridized carbons (Fsp3) is 0.357. The Labute approximate surface area is 140 Å². The van der Waals surface area contributed by atoms with E-state index in [4.69, 9.17) is 17.3 Å². The summed E-state index contributed by atoms with van der Waals surface area (Å²) in [6, 6.07) is 5.16. The lowest BCUT2D eigenvalue weighted by atomic mass is 10.3. The second-order valence-corrected chi connectivity index (χ2v) is 5.36. The summed E-state index contributed by atoms with van der Waals surface area (Å²) < 4.78 is 1.68. The highest BCUT2D eigenvalue weighted by molar-refractivity contribution is 6.33. The van der Waals surface area contributed by atoms with Gasteiger partial charge < -0.3 is 11.1 Å². The van der Waals surface area contributed by atoms with Crippen LogP contribution < -0.4 is 11.1 Å². The Morgan fingerprint density at radius 2 is 2.14 bits per heavy atom. The number of nitrogens with zero attached hydrogens (tertiary/aromatic N) is 3. The van der Waals surface area contributed by atoms with E-state index in [1.165, 1.54) is 0 Å². The third-order valence-electron chi connectivity index (χ3n) is 3.00. The summed E-state index contributed by atoms with van der Waals surface area (Å²) in [7, 11) is 0. The van der Waals surface area contributed by atoms with Crippen LogP contribution in [0.5, 0.6) is 0 Å². The highest BCUT2D eigenvalue weighted by atomic mass is 35.5. The van der Waals surface area contributed by atoms with Crippen molar-refractivity contribution in [2.24, 2.45) is 5.73 Å². The molecule has 2 heterocycles. The summed E-state index contributed by atoms with van der Waals surface area (Å²) in [6.07, 6.45) is 0. The number of hydrogen-bond donors (Lipinski definition) is 2. The van der Waals surface area contributed by atoms with Gasteiger partial charge >= 0.3 is 0 Å². The molecule has 0 aliphatic rings. The van der Waals surface area contributed by atoms with Crippen LogP contribution in [-0.4, -0.2) is 33.3 Å². The van der Waals surface area contributed by atoms with E-state index < -0.39 is 0 Å². The first-order chi connectivity index (χ1) is 9.92. The third kappa shape index (κ3) is 3.97. The molecule has 0 spiro atoms. The van der Waals surface area contributed by atoms with Gasteiger partial charge in [-0.15, -0.1) is 12.4 Å². The predicted octanol–water partition coefficient (Wildman–Crippen LogP) is 2.04. The van der Waals surface area contributed by atoms with Gasteiger partial charge in [-0.25, -0.2) is 9.67 Å². The molecule has 0 saturated carbocycles. The number of nitrogens with two attached hydrogens (primary N) is 1. The van der Waals surface area contributed by atoms with Gasteiger partial charge in [-0.2, -0.15) is 5.10 Å². The minimum atomic E-state index is -0.346. The molecule has 8 heteroatoms. The van der Waals surface area contributed by atoms with E-state index in [9.17, 15) is 4.79 Å². The van der Waals surface area contributed by atoms with Crippen LogP contribution >= 0.6 is 24.0 Å². The molecule has 6 nitrogen and oxygen atoms in total. The topological polar surface area (TPSA) is 85.8 Å². The summed E-state index contributed by atoms with van der Waals surface area (Å²) in [5.41, 5.74) is 7.48. The Kier molecular flexibility index (Phi) is 6.34. The van der Waals surface area contributed by atoms with Crippen LogP contribution in [0.4, 0.5) is 0 Å². The van der Waals surface area contributed by atoms with Crippen LogP contribution in [0, 0.1) is 13.8 Å². The van der Waals surface area contributed by atoms with Crippen molar-refractivity contribution in [1.82, 2.24) is 20.1 Å². The van der Waals surface area contributed by atoms with Crippen LogP contribution in [0.2, 0.25) is 5.02 Å². The molecule has 0 unspecified atom stereocenters. The number of halogens is 2. The third-order valence-corrected chi connectivity index (χ3v) is 3.31. The second kappa shape index (κ2) is 7.58. The van der Waals surface area contributed by atoms with Crippen molar-refractivity contribution in [3.8, 4) is 5.82 Å². The lowest BCUT2D eigenvalue weighted by molar-refractivity contribution is 0.0936. The fourth-order valence-electron chi connectivity index (χ4n) is 1.92. The van der Waals surface area contributed by atoms with Gasteiger partial charge in [0.15, 0.2) is 5.82 Å². The molecule has 1 amide bonds. The lowest BCUT2D eigenvalue weighted by Gasteiger charge is -2.12. The van der Waals surface area contributed by atoms with E-state index in [0.29, 0.717) is 17.4 Å². The van der Waals surface area contributed by atoms with Crippen LogP contribution in [0.15, 0.2) is 18.2 Å². The molecule has 0 fully saturated rings. The number of pyridine rings is 1. The summed E-state index contributed by atoms with van der Waals surface area (Å²) >= 11 is 6.07. The maximum absolute atomic E-state index is 12.2. The molecular weight excluding hydrogens is 325 g/mol. The normalized spacial score (nSPS) is 11.7. The maximum atomic E-state index is 12.2. The van der Waals surface area contributed by atoms with Gasteiger partial charge in [0.05, 0.1) is 10.7 Å². The molecule has 2 aromatic rings. The monoisotopic (exact) mass is 343 g/mol.